The summed E-state index contributed by atoms with van der Waals surface area (Å²) in [6.07, 6.45) is -7.19. The molecule has 77 heavy (non-hydrogen) atoms. The highest BCUT2D eigenvalue weighted by Gasteiger charge is 2.48. The average molecular weight is 1170 g/mol. The van der Waals surface area contributed by atoms with Crippen LogP contribution < -0.4 is 26.5 Å². The summed E-state index contributed by atoms with van der Waals surface area (Å²) in [5.41, 5.74) is -7.16. The van der Waals surface area contributed by atoms with E-state index in [-0.39, 0.29) is 75.4 Å². The molecule has 0 amide bonds. The van der Waals surface area contributed by atoms with Gasteiger partial charge in [-0.15, -0.1) is 0 Å². The Hall–Kier alpha value is -3.92. The van der Waals surface area contributed by atoms with Gasteiger partial charge >= 0.3 is 24.7 Å². The van der Waals surface area contributed by atoms with Crippen LogP contribution in [0.25, 0.3) is 33.4 Å². The van der Waals surface area contributed by atoms with Gasteiger partial charge in [0, 0.05) is 38.8 Å². The first-order chi connectivity index (χ1) is 35.0. The van der Waals surface area contributed by atoms with Crippen LogP contribution >= 0.6 is 0 Å². The number of benzene rings is 4. The van der Waals surface area contributed by atoms with Crippen molar-refractivity contribution >= 4 is 0 Å². The van der Waals surface area contributed by atoms with E-state index in [0.717, 1.165) is 89.9 Å². The zero-order chi connectivity index (χ0) is 57.2. The third-order valence-corrected chi connectivity index (χ3v) is 16.0. The van der Waals surface area contributed by atoms with Gasteiger partial charge in [-0.2, -0.15) is 52.7 Å². The molecule has 0 bridgehead atoms. The van der Waals surface area contributed by atoms with Crippen LogP contribution in [0.4, 0.5) is 52.7 Å². The molecule has 0 radical (unpaired) electrons. The van der Waals surface area contributed by atoms with Crippen LogP contribution in [0.5, 0.6) is 11.5 Å². The van der Waals surface area contributed by atoms with Crippen molar-refractivity contribution in [3.63, 3.8) is 0 Å². The van der Waals surface area contributed by atoms with Crippen LogP contribution in [0.2, 0.25) is 0 Å². The van der Waals surface area contributed by atoms with E-state index in [0.29, 0.717) is 57.6 Å². The second kappa shape index (κ2) is 24.8. The number of fused-ring (bicyclic) bond motifs is 3. The molecule has 4 aromatic rings. The van der Waals surface area contributed by atoms with Gasteiger partial charge in [-0.25, -0.2) is 0 Å². The molecule has 0 N–H and O–H groups in total. The Morgan fingerprint density at radius 3 is 1.00 bits per heavy atom. The van der Waals surface area contributed by atoms with Crippen molar-refractivity contribution in [2.75, 3.05) is 21.3 Å². The zero-order valence-corrected chi connectivity index (χ0v) is 48.8. The van der Waals surface area contributed by atoms with Gasteiger partial charge in [0.25, 0.3) is 0 Å². The molecular weight excluding hydrogens is 1090 g/mol. The summed E-state index contributed by atoms with van der Waals surface area (Å²) in [6.45, 7) is 19.4. The van der Waals surface area contributed by atoms with E-state index >= 15 is 0 Å². The third-order valence-electron chi connectivity index (χ3n) is 16.0. The summed E-state index contributed by atoms with van der Waals surface area (Å²) in [6, 6.07) is 6.14. The van der Waals surface area contributed by atoms with Gasteiger partial charge < -0.3 is 30.9 Å². The molecule has 4 aromatic carbocycles. The molecule has 0 spiro atoms. The van der Waals surface area contributed by atoms with Crippen LogP contribution in [0.15, 0.2) is 48.5 Å². The lowest BCUT2D eigenvalue weighted by molar-refractivity contribution is -0.963. The molecule has 1 aliphatic heterocycles. The minimum absolute atomic E-state index is 0. The number of methoxy groups -OCH3 is 2. The number of unbranched alkanes of at least 4 members (excludes halogenated alkanes) is 10. The number of quaternary nitrogens is 1. The van der Waals surface area contributed by atoms with Crippen LogP contribution in [-0.2, 0) is 48.6 Å². The van der Waals surface area contributed by atoms with Crippen LogP contribution in [0, 0.1) is 5.41 Å². The molecule has 16 heteroatoms. The Labute approximate surface area is 460 Å². The normalized spacial score (nSPS) is 14.9. The van der Waals surface area contributed by atoms with Crippen molar-refractivity contribution in [1.29, 1.82) is 0 Å². The maximum atomic E-state index is 14.9. The molecule has 5 rings (SSSR count). The van der Waals surface area contributed by atoms with Gasteiger partial charge in [0.15, 0.2) is 0 Å². The first-order valence-corrected chi connectivity index (χ1v) is 26.9. The van der Waals surface area contributed by atoms with Gasteiger partial charge in [0.1, 0.15) is 24.6 Å². The van der Waals surface area contributed by atoms with E-state index in [4.69, 9.17) is 9.47 Å². The standard InChI is InChI=1S/C61H80F12NO2.BrH/c1-14-16-18-20-22-24-26-57(10,27-25-23-21-19-17-15-2)38(3)74(11)36-47-45(34-49(55(4,5)6)53(75-12)51(47)39-28-41(58(62,63)64)32-42(29-39)59(65,66)67)46-35-50(56(7,8)9)54(76-13)52(48(46)37-74)40-30-43(60(68,69)70)33-44(31-40)61(71,72)73;/h28-35,38H,14-27,36-37H2,1-13H3;1H/q+1;/p-1/t38-;/m0./s1. The lowest BCUT2D eigenvalue weighted by atomic mass is 9.72. The van der Waals surface area contributed by atoms with Crippen molar-refractivity contribution in [3.05, 3.63) is 93.0 Å². The number of nitrogens with zero attached hydrogens (tertiary/aromatic N) is 1. The Balaban J connectivity index is 0.0000128. The lowest BCUT2D eigenvalue weighted by Gasteiger charge is -2.49. The van der Waals surface area contributed by atoms with Gasteiger partial charge in [-0.05, 0) is 101 Å². The molecule has 1 atom stereocenters. The third kappa shape index (κ3) is 15.3. The lowest BCUT2D eigenvalue weighted by Crippen LogP contribution is -3.00. The highest BCUT2D eigenvalue weighted by atomic mass is 79.9. The number of alkyl halides is 12. The molecule has 432 valence electrons. The number of hydrogen-bond donors (Lipinski definition) is 0. The van der Waals surface area contributed by atoms with Crippen LogP contribution in [0.3, 0.4) is 0 Å². The largest absolute Gasteiger partial charge is 1.00 e. The van der Waals surface area contributed by atoms with E-state index in [2.05, 4.69) is 27.7 Å². The van der Waals surface area contributed by atoms with E-state index < -0.39 is 74.3 Å². The number of ether oxygens (including phenoxy) is 2. The number of rotatable bonds is 20. The molecular formula is C61H80BrF12NO2. The predicted octanol–water partition coefficient (Wildman–Crippen LogP) is 17.7. The quantitative estimate of drug-likeness (QED) is 0.0499. The monoisotopic (exact) mass is 1170 g/mol. The fourth-order valence-corrected chi connectivity index (χ4v) is 11.5. The van der Waals surface area contributed by atoms with Crippen molar-refractivity contribution < 1.29 is 83.6 Å². The Morgan fingerprint density at radius 1 is 0.455 bits per heavy atom. The summed E-state index contributed by atoms with van der Waals surface area (Å²) in [5, 5.41) is 0. The predicted molar refractivity (Wildman–Crippen MR) is 280 cm³/mol. The van der Waals surface area contributed by atoms with E-state index in [1.807, 2.05) is 48.6 Å². The zero-order valence-electron chi connectivity index (χ0n) is 47.2. The highest BCUT2D eigenvalue weighted by Crippen LogP contribution is 2.56. The van der Waals surface area contributed by atoms with Gasteiger partial charge in [-0.3, -0.25) is 0 Å². The number of hydrogen-bond acceptors (Lipinski definition) is 2. The second-order valence-electron chi connectivity index (χ2n) is 24.0. The maximum Gasteiger partial charge on any atom is 0.416 e. The van der Waals surface area contributed by atoms with E-state index in [1.54, 1.807) is 12.1 Å². The SMILES string of the molecule is CCCCCCCCC(C)(CCCCCCCC)[C@H](C)[N+]1(C)Cc2c(cc(C(C)(C)C)c(OC)c2-c2cc(C(F)(F)F)cc(C(F)(F)F)c2)-c2cc(C(C)(C)C)c(OC)c(-c3cc(C(F)(F)F)cc(C(F)(F)F)c3)c2C1.[Br-]. The van der Waals surface area contributed by atoms with Crippen molar-refractivity contribution in [1.82, 2.24) is 0 Å². The van der Waals surface area contributed by atoms with Crippen molar-refractivity contribution in [2.24, 2.45) is 5.41 Å². The second-order valence-corrected chi connectivity index (χ2v) is 24.0. The summed E-state index contributed by atoms with van der Waals surface area (Å²) in [4.78, 5) is 0. The highest BCUT2D eigenvalue weighted by molar-refractivity contribution is 5.91. The fraction of sp³-hybridized carbons (Fsp3) is 0.607. The Bertz CT molecular complexity index is 2400. The number of halogens is 13. The molecule has 0 aliphatic carbocycles. The van der Waals surface area contributed by atoms with E-state index in [9.17, 15) is 52.7 Å². The molecule has 3 nitrogen and oxygen atoms in total. The Kier molecular flexibility index (Phi) is 21.2. The summed E-state index contributed by atoms with van der Waals surface area (Å²) >= 11 is 0. The van der Waals surface area contributed by atoms with E-state index in [1.165, 1.54) is 14.2 Å². The van der Waals surface area contributed by atoms with Gasteiger partial charge in [0.05, 0.1) is 49.6 Å². The molecule has 0 aromatic heterocycles. The Morgan fingerprint density at radius 2 is 0.740 bits per heavy atom. The molecule has 0 unspecified atom stereocenters. The summed E-state index contributed by atoms with van der Waals surface area (Å²) in [7, 11) is 4.56. The molecule has 0 fully saturated rings. The van der Waals surface area contributed by atoms with Crippen LogP contribution in [-0.4, -0.2) is 31.8 Å². The minimum Gasteiger partial charge on any atom is -1.00 e. The van der Waals surface area contributed by atoms with Crippen LogP contribution in [0.1, 0.15) is 204 Å². The first-order valence-electron chi connectivity index (χ1n) is 26.9. The summed E-state index contributed by atoms with van der Waals surface area (Å²) < 4.78 is 191. The fourth-order valence-electron chi connectivity index (χ4n) is 11.5. The first kappa shape index (κ1) is 65.6. The molecule has 1 heterocycles. The smallest absolute Gasteiger partial charge is 0.416 e. The minimum atomic E-state index is -5.21. The van der Waals surface area contributed by atoms with Gasteiger partial charge in [-0.1, -0.05) is 139 Å². The molecule has 0 saturated heterocycles. The topological polar surface area (TPSA) is 18.5 Å². The van der Waals surface area contributed by atoms with Gasteiger partial charge in [0.2, 0.25) is 0 Å². The average Bonchev–Trinajstić information content (AvgIpc) is 3.43. The molecule has 1 aliphatic rings. The van der Waals surface area contributed by atoms with Crippen molar-refractivity contribution in [2.45, 2.75) is 214 Å². The van der Waals surface area contributed by atoms with Crippen molar-refractivity contribution in [3.8, 4) is 44.9 Å². The maximum absolute atomic E-state index is 14.9. The molecule has 0 saturated carbocycles. The summed E-state index contributed by atoms with van der Waals surface area (Å²) in [5.74, 6) is 0.0847.